The van der Waals surface area contributed by atoms with E-state index < -0.39 is 0 Å². The topological polar surface area (TPSA) is 65.8 Å². The van der Waals surface area contributed by atoms with Crippen molar-refractivity contribution in [2.24, 2.45) is 7.05 Å². The molecule has 29 heavy (non-hydrogen) atoms. The van der Waals surface area contributed by atoms with Crippen LogP contribution in [0.1, 0.15) is 27.3 Å². The predicted molar refractivity (Wildman–Crippen MR) is 113 cm³/mol. The maximum Gasteiger partial charge on any atom is 0.200 e. The van der Waals surface area contributed by atoms with E-state index in [4.69, 9.17) is 4.42 Å². The Balaban J connectivity index is 1.60. The number of aromatic nitrogens is 4. The molecule has 0 fully saturated rings. The van der Waals surface area contributed by atoms with Gasteiger partial charge in [-0.25, -0.2) is 0 Å². The number of hydrogen-bond acceptors (Lipinski definition) is 5. The SMILES string of the molecule is Cc1cc(C(=O)CSc2nnc(-c3ccco3)n2Cc2ccccc2)c(C)n1C. The summed E-state index contributed by atoms with van der Waals surface area (Å²) >= 11 is 1.40. The molecule has 0 radical (unpaired) electrons. The Kier molecular flexibility index (Phi) is 5.40. The molecule has 0 spiro atoms. The summed E-state index contributed by atoms with van der Waals surface area (Å²) in [5.41, 5.74) is 3.94. The van der Waals surface area contributed by atoms with Crippen LogP contribution in [0.15, 0.2) is 64.4 Å². The van der Waals surface area contributed by atoms with Crippen LogP contribution in [0.5, 0.6) is 0 Å². The van der Waals surface area contributed by atoms with Crippen LogP contribution in [0.3, 0.4) is 0 Å². The molecule has 0 saturated heterocycles. The molecule has 0 aliphatic rings. The third kappa shape index (κ3) is 3.91. The number of carbonyl (C=O) groups excluding carboxylic acids is 1. The molecule has 148 valence electrons. The standard InChI is InChI=1S/C22H22N4O2S/c1-15-12-18(16(2)25(15)3)19(27)14-29-22-24-23-21(20-10-7-11-28-20)26(22)13-17-8-5-4-6-9-17/h4-12H,13-14H2,1-3H3. The number of aryl methyl sites for hydroxylation is 1. The van der Waals surface area contributed by atoms with E-state index in [1.54, 1.807) is 6.26 Å². The zero-order chi connectivity index (χ0) is 20.4. The van der Waals surface area contributed by atoms with Gasteiger partial charge < -0.3 is 8.98 Å². The second-order valence-corrected chi connectivity index (χ2v) is 7.85. The van der Waals surface area contributed by atoms with Gasteiger partial charge in [-0.05, 0) is 37.6 Å². The first-order valence-electron chi connectivity index (χ1n) is 9.34. The van der Waals surface area contributed by atoms with Crippen LogP contribution in [0.4, 0.5) is 0 Å². The van der Waals surface area contributed by atoms with Gasteiger partial charge in [-0.1, -0.05) is 42.1 Å². The van der Waals surface area contributed by atoms with Crippen LogP contribution in [-0.4, -0.2) is 30.9 Å². The van der Waals surface area contributed by atoms with Crippen molar-refractivity contribution in [3.8, 4) is 11.6 Å². The number of benzene rings is 1. The van der Waals surface area contributed by atoms with Crippen molar-refractivity contribution in [1.82, 2.24) is 19.3 Å². The highest BCUT2D eigenvalue weighted by Crippen LogP contribution is 2.26. The van der Waals surface area contributed by atoms with E-state index in [1.165, 1.54) is 11.8 Å². The summed E-state index contributed by atoms with van der Waals surface area (Å²) < 4.78 is 9.56. The molecule has 3 heterocycles. The Morgan fingerprint density at radius 3 is 2.55 bits per heavy atom. The van der Waals surface area contributed by atoms with Gasteiger partial charge in [0.25, 0.3) is 0 Å². The van der Waals surface area contributed by atoms with Gasteiger partial charge in [-0.2, -0.15) is 0 Å². The lowest BCUT2D eigenvalue weighted by Gasteiger charge is -2.09. The van der Waals surface area contributed by atoms with Crippen molar-refractivity contribution in [2.75, 3.05) is 5.75 Å². The molecule has 0 amide bonds. The summed E-state index contributed by atoms with van der Waals surface area (Å²) in [6.07, 6.45) is 1.62. The zero-order valence-corrected chi connectivity index (χ0v) is 17.4. The average Bonchev–Trinajstić information content (AvgIpc) is 3.44. The van der Waals surface area contributed by atoms with Crippen LogP contribution in [0, 0.1) is 13.8 Å². The number of hydrogen-bond donors (Lipinski definition) is 0. The number of furan rings is 1. The molecule has 0 unspecified atom stereocenters. The fraction of sp³-hybridized carbons (Fsp3) is 0.227. The minimum atomic E-state index is 0.0880. The molecule has 4 rings (SSSR count). The summed E-state index contributed by atoms with van der Waals surface area (Å²) in [5, 5.41) is 9.36. The van der Waals surface area contributed by atoms with Crippen molar-refractivity contribution in [2.45, 2.75) is 25.5 Å². The zero-order valence-electron chi connectivity index (χ0n) is 16.6. The van der Waals surface area contributed by atoms with Gasteiger partial charge in [0.15, 0.2) is 16.7 Å². The summed E-state index contributed by atoms with van der Waals surface area (Å²) in [6.45, 7) is 4.57. The third-order valence-electron chi connectivity index (χ3n) is 5.05. The van der Waals surface area contributed by atoms with Gasteiger partial charge in [0, 0.05) is 24.0 Å². The molecule has 0 N–H and O–H groups in total. The van der Waals surface area contributed by atoms with E-state index in [1.807, 2.05) is 66.4 Å². The van der Waals surface area contributed by atoms with Gasteiger partial charge >= 0.3 is 0 Å². The molecule has 0 bridgehead atoms. The molecule has 1 aromatic carbocycles. The minimum Gasteiger partial charge on any atom is -0.461 e. The number of nitrogens with zero attached hydrogens (tertiary/aromatic N) is 4. The van der Waals surface area contributed by atoms with Crippen molar-refractivity contribution < 1.29 is 9.21 Å². The predicted octanol–water partition coefficient (Wildman–Crippen LogP) is 4.52. The summed E-state index contributed by atoms with van der Waals surface area (Å²) in [7, 11) is 1.97. The fourth-order valence-electron chi connectivity index (χ4n) is 3.24. The smallest absolute Gasteiger partial charge is 0.200 e. The normalized spacial score (nSPS) is 11.1. The molecule has 6 nitrogen and oxygen atoms in total. The van der Waals surface area contributed by atoms with E-state index in [-0.39, 0.29) is 5.78 Å². The molecule has 0 atom stereocenters. The van der Waals surface area contributed by atoms with E-state index in [0.29, 0.717) is 29.0 Å². The lowest BCUT2D eigenvalue weighted by atomic mass is 10.2. The first kappa shape index (κ1) is 19.3. The first-order chi connectivity index (χ1) is 14.0. The van der Waals surface area contributed by atoms with Crippen molar-refractivity contribution in [1.29, 1.82) is 0 Å². The Bertz CT molecular complexity index is 1130. The number of carbonyl (C=O) groups is 1. The number of rotatable bonds is 7. The second-order valence-electron chi connectivity index (χ2n) is 6.91. The lowest BCUT2D eigenvalue weighted by molar-refractivity contribution is 0.102. The number of Topliss-reactive ketones (excluding diaryl/α,β-unsaturated/α-hetero) is 1. The van der Waals surface area contributed by atoms with Gasteiger partial charge in [-0.3, -0.25) is 9.36 Å². The van der Waals surface area contributed by atoms with Gasteiger partial charge in [-0.15, -0.1) is 10.2 Å². The van der Waals surface area contributed by atoms with Crippen LogP contribution in [0.2, 0.25) is 0 Å². The van der Waals surface area contributed by atoms with E-state index in [0.717, 1.165) is 22.5 Å². The maximum atomic E-state index is 12.8. The molecule has 7 heteroatoms. The summed E-state index contributed by atoms with van der Waals surface area (Å²) in [5.74, 6) is 1.70. The molecular formula is C22H22N4O2S. The summed E-state index contributed by atoms with van der Waals surface area (Å²) in [4.78, 5) is 12.8. The van der Waals surface area contributed by atoms with Crippen LogP contribution in [0.25, 0.3) is 11.6 Å². The Labute approximate surface area is 173 Å². The minimum absolute atomic E-state index is 0.0880. The molecule has 4 aromatic rings. The van der Waals surface area contributed by atoms with Crippen molar-refractivity contribution in [3.63, 3.8) is 0 Å². The van der Waals surface area contributed by atoms with Crippen LogP contribution < -0.4 is 0 Å². The number of ketones is 1. The van der Waals surface area contributed by atoms with Crippen LogP contribution in [-0.2, 0) is 13.6 Å². The van der Waals surface area contributed by atoms with Gasteiger partial charge in [0.1, 0.15) is 0 Å². The number of thioether (sulfide) groups is 1. The molecule has 0 aliphatic heterocycles. The van der Waals surface area contributed by atoms with E-state index in [2.05, 4.69) is 22.3 Å². The highest BCUT2D eigenvalue weighted by molar-refractivity contribution is 7.99. The molecule has 0 saturated carbocycles. The van der Waals surface area contributed by atoms with Crippen LogP contribution >= 0.6 is 11.8 Å². The molecule has 3 aromatic heterocycles. The average molecular weight is 407 g/mol. The van der Waals surface area contributed by atoms with Gasteiger partial charge in [0.05, 0.1) is 18.6 Å². The third-order valence-corrected chi connectivity index (χ3v) is 6.02. The highest BCUT2D eigenvalue weighted by Gasteiger charge is 2.19. The Hall–Kier alpha value is -3.06. The Morgan fingerprint density at radius 1 is 1.10 bits per heavy atom. The molecule has 0 aliphatic carbocycles. The van der Waals surface area contributed by atoms with E-state index >= 15 is 0 Å². The summed E-state index contributed by atoms with van der Waals surface area (Å²) in [6, 6.07) is 15.7. The highest BCUT2D eigenvalue weighted by atomic mass is 32.2. The van der Waals surface area contributed by atoms with E-state index in [9.17, 15) is 4.79 Å². The quantitative estimate of drug-likeness (QED) is 0.334. The molecular weight excluding hydrogens is 384 g/mol. The van der Waals surface area contributed by atoms with Crippen molar-refractivity contribution >= 4 is 17.5 Å². The Morgan fingerprint density at radius 2 is 1.90 bits per heavy atom. The fourth-order valence-corrected chi connectivity index (χ4v) is 4.06. The largest absolute Gasteiger partial charge is 0.461 e. The van der Waals surface area contributed by atoms with Crippen molar-refractivity contribution in [3.05, 3.63) is 77.3 Å². The van der Waals surface area contributed by atoms with Gasteiger partial charge in [0.2, 0.25) is 5.82 Å². The second kappa shape index (κ2) is 8.13. The first-order valence-corrected chi connectivity index (χ1v) is 10.3. The lowest BCUT2D eigenvalue weighted by Crippen LogP contribution is -2.07. The monoisotopic (exact) mass is 406 g/mol. The maximum absolute atomic E-state index is 12.8.